The smallest absolute Gasteiger partial charge is 0.270 e. The molecular formula is C14H18N4O3. The number of nitro benzene ring substituents is 1. The fraction of sp³-hybridized carbons (Fsp3) is 0.500. The number of primary amides is 1. The monoisotopic (exact) mass is 290 g/mol. The van der Waals surface area contributed by atoms with Gasteiger partial charge in [0.05, 0.1) is 16.2 Å². The molecule has 1 aromatic rings. The van der Waals surface area contributed by atoms with Gasteiger partial charge in [0.1, 0.15) is 0 Å². The number of rotatable bonds is 3. The summed E-state index contributed by atoms with van der Waals surface area (Å²) in [5.41, 5.74) is 6.21. The molecule has 1 amide bonds. The van der Waals surface area contributed by atoms with Crippen LogP contribution in [0.25, 0.3) is 0 Å². The number of fused-ring (bicyclic) bond motifs is 1. The van der Waals surface area contributed by atoms with Gasteiger partial charge in [0.15, 0.2) is 0 Å². The summed E-state index contributed by atoms with van der Waals surface area (Å²) in [4.78, 5) is 24.1. The summed E-state index contributed by atoms with van der Waals surface area (Å²) in [7, 11) is 0. The van der Waals surface area contributed by atoms with E-state index in [-0.39, 0.29) is 11.3 Å². The standard InChI is InChI=1S/C14H18N4O3/c15-14(19)11-6-10(18(20)21)3-4-13(11)17-7-9-2-1-5-16-12(9)8-17/h3-4,6,9,12,16H,1-2,5,7-8H2,(H2,15,19). The minimum absolute atomic E-state index is 0.109. The second kappa shape index (κ2) is 5.33. The zero-order valence-electron chi connectivity index (χ0n) is 11.6. The highest BCUT2D eigenvalue weighted by molar-refractivity contribution is 5.99. The van der Waals surface area contributed by atoms with E-state index in [0.29, 0.717) is 17.6 Å². The quantitative estimate of drug-likeness (QED) is 0.635. The fourth-order valence-corrected chi connectivity index (χ4v) is 3.35. The molecule has 2 aliphatic rings. The van der Waals surface area contributed by atoms with Gasteiger partial charge in [-0.05, 0) is 31.4 Å². The maximum Gasteiger partial charge on any atom is 0.270 e. The van der Waals surface area contributed by atoms with Crippen molar-refractivity contribution in [2.24, 2.45) is 11.7 Å². The molecule has 7 nitrogen and oxygen atoms in total. The second-order valence-electron chi connectivity index (χ2n) is 5.69. The number of nitro groups is 1. The van der Waals surface area contributed by atoms with Crippen LogP contribution in [0.2, 0.25) is 0 Å². The first kappa shape index (κ1) is 13.8. The number of piperidine rings is 1. The number of amides is 1. The summed E-state index contributed by atoms with van der Waals surface area (Å²) in [5, 5.41) is 14.3. The van der Waals surface area contributed by atoms with Gasteiger partial charge < -0.3 is 16.0 Å². The molecule has 0 bridgehead atoms. The summed E-state index contributed by atoms with van der Waals surface area (Å²) in [5.74, 6) is -0.0637. The van der Waals surface area contributed by atoms with Crippen LogP contribution in [0.15, 0.2) is 18.2 Å². The predicted molar refractivity (Wildman–Crippen MR) is 78.3 cm³/mol. The third-order valence-electron chi connectivity index (χ3n) is 4.40. The third-order valence-corrected chi connectivity index (χ3v) is 4.40. The highest BCUT2D eigenvalue weighted by Gasteiger charge is 2.35. The van der Waals surface area contributed by atoms with Gasteiger partial charge in [-0.15, -0.1) is 0 Å². The van der Waals surface area contributed by atoms with Crippen molar-refractivity contribution in [3.05, 3.63) is 33.9 Å². The lowest BCUT2D eigenvalue weighted by Crippen LogP contribution is -2.40. The van der Waals surface area contributed by atoms with Gasteiger partial charge in [-0.3, -0.25) is 14.9 Å². The molecule has 3 rings (SSSR count). The van der Waals surface area contributed by atoms with E-state index < -0.39 is 10.8 Å². The van der Waals surface area contributed by atoms with Crippen molar-refractivity contribution < 1.29 is 9.72 Å². The van der Waals surface area contributed by atoms with Crippen LogP contribution in [0.1, 0.15) is 23.2 Å². The van der Waals surface area contributed by atoms with Crippen LogP contribution < -0.4 is 16.0 Å². The molecule has 3 N–H and O–H groups in total. The Bertz CT molecular complexity index is 576. The van der Waals surface area contributed by atoms with Crippen molar-refractivity contribution in [2.45, 2.75) is 18.9 Å². The number of hydrogen-bond donors (Lipinski definition) is 2. The Balaban J connectivity index is 1.91. The normalized spacial score (nSPS) is 24.7. The first-order valence-electron chi connectivity index (χ1n) is 7.13. The molecule has 112 valence electrons. The lowest BCUT2D eigenvalue weighted by molar-refractivity contribution is -0.384. The predicted octanol–water partition coefficient (Wildman–Crippen LogP) is 0.882. The van der Waals surface area contributed by atoms with E-state index in [1.807, 2.05) is 0 Å². The molecule has 0 aromatic heterocycles. The first-order valence-corrected chi connectivity index (χ1v) is 7.13. The molecule has 0 spiro atoms. The van der Waals surface area contributed by atoms with Gasteiger partial charge >= 0.3 is 0 Å². The number of hydrogen-bond acceptors (Lipinski definition) is 5. The van der Waals surface area contributed by atoms with Gasteiger partial charge in [0, 0.05) is 31.3 Å². The SMILES string of the molecule is NC(=O)c1cc([N+](=O)[O-])ccc1N1CC2CCCNC2C1. The number of carbonyl (C=O) groups is 1. The number of non-ortho nitro benzene ring substituents is 1. The Morgan fingerprint density at radius 2 is 2.24 bits per heavy atom. The zero-order chi connectivity index (χ0) is 15.0. The van der Waals surface area contributed by atoms with Crippen LogP contribution in [0.5, 0.6) is 0 Å². The molecular weight excluding hydrogens is 272 g/mol. The summed E-state index contributed by atoms with van der Waals surface area (Å²) in [6.45, 7) is 2.69. The molecule has 2 atom stereocenters. The molecule has 0 saturated carbocycles. The van der Waals surface area contributed by atoms with Crippen molar-refractivity contribution in [3.63, 3.8) is 0 Å². The van der Waals surface area contributed by atoms with E-state index in [1.54, 1.807) is 6.07 Å². The largest absolute Gasteiger partial charge is 0.369 e. The maximum atomic E-state index is 11.6. The van der Waals surface area contributed by atoms with Gasteiger partial charge in [0.25, 0.3) is 11.6 Å². The molecule has 2 saturated heterocycles. The van der Waals surface area contributed by atoms with E-state index >= 15 is 0 Å². The number of nitrogens with zero attached hydrogens (tertiary/aromatic N) is 2. The van der Waals surface area contributed by atoms with Crippen molar-refractivity contribution in [1.82, 2.24) is 5.32 Å². The highest BCUT2D eigenvalue weighted by Crippen LogP contribution is 2.32. The Morgan fingerprint density at radius 3 is 2.90 bits per heavy atom. The van der Waals surface area contributed by atoms with Crippen molar-refractivity contribution in [1.29, 1.82) is 0 Å². The fourth-order valence-electron chi connectivity index (χ4n) is 3.35. The van der Waals surface area contributed by atoms with E-state index in [2.05, 4.69) is 10.2 Å². The average molecular weight is 290 g/mol. The molecule has 2 heterocycles. The lowest BCUT2D eigenvalue weighted by Gasteiger charge is -2.24. The lowest BCUT2D eigenvalue weighted by atomic mass is 9.94. The maximum absolute atomic E-state index is 11.6. The van der Waals surface area contributed by atoms with Crippen LogP contribution >= 0.6 is 0 Å². The Kier molecular flexibility index (Phi) is 3.50. The number of nitrogens with two attached hydrogens (primary N) is 1. The van der Waals surface area contributed by atoms with E-state index in [0.717, 1.165) is 26.1 Å². The zero-order valence-corrected chi connectivity index (χ0v) is 11.6. The van der Waals surface area contributed by atoms with Crippen molar-refractivity contribution in [3.8, 4) is 0 Å². The molecule has 2 aliphatic heterocycles. The van der Waals surface area contributed by atoms with Gasteiger partial charge in [0.2, 0.25) is 0 Å². The van der Waals surface area contributed by atoms with Crippen molar-refractivity contribution >= 4 is 17.3 Å². The van der Waals surface area contributed by atoms with Crippen LogP contribution in [0, 0.1) is 16.0 Å². The summed E-state index contributed by atoms with van der Waals surface area (Å²) in [6.07, 6.45) is 2.34. The van der Waals surface area contributed by atoms with Crippen LogP contribution in [0.3, 0.4) is 0 Å². The molecule has 7 heteroatoms. The van der Waals surface area contributed by atoms with Crippen LogP contribution in [0.4, 0.5) is 11.4 Å². The summed E-state index contributed by atoms with van der Waals surface area (Å²) < 4.78 is 0. The average Bonchev–Trinajstić information content (AvgIpc) is 2.90. The Labute approximate surface area is 122 Å². The number of benzene rings is 1. The highest BCUT2D eigenvalue weighted by atomic mass is 16.6. The third kappa shape index (κ3) is 2.56. The van der Waals surface area contributed by atoms with Crippen molar-refractivity contribution in [2.75, 3.05) is 24.5 Å². The minimum atomic E-state index is -0.628. The molecule has 21 heavy (non-hydrogen) atoms. The number of nitrogens with one attached hydrogen (secondary N) is 1. The number of carbonyl (C=O) groups excluding carboxylic acids is 1. The van der Waals surface area contributed by atoms with Crippen LogP contribution in [-0.2, 0) is 0 Å². The first-order chi connectivity index (χ1) is 10.1. The molecule has 1 aromatic carbocycles. The minimum Gasteiger partial charge on any atom is -0.369 e. The number of anilines is 1. The van der Waals surface area contributed by atoms with Gasteiger partial charge in [-0.1, -0.05) is 0 Å². The Morgan fingerprint density at radius 1 is 1.43 bits per heavy atom. The topological polar surface area (TPSA) is 102 Å². The molecule has 2 fully saturated rings. The summed E-state index contributed by atoms with van der Waals surface area (Å²) >= 11 is 0. The Hall–Kier alpha value is -2.15. The molecule has 0 aliphatic carbocycles. The van der Waals surface area contributed by atoms with E-state index in [4.69, 9.17) is 5.73 Å². The second-order valence-corrected chi connectivity index (χ2v) is 5.69. The van der Waals surface area contributed by atoms with E-state index in [9.17, 15) is 14.9 Å². The van der Waals surface area contributed by atoms with Gasteiger partial charge in [-0.2, -0.15) is 0 Å². The molecule has 2 unspecified atom stereocenters. The van der Waals surface area contributed by atoms with E-state index in [1.165, 1.54) is 18.6 Å². The molecule has 0 radical (unpaired) electrons. The summed E-state index contributed by atoms with van der Waals surface area (Å²) in [6, 6.07) is 4.76. The van der Waals surface area contributed by atoms with Gasteiger partial charge in [-0.25, -0.2) is 0 Å². The van der Waals surface area contributed by atoms with Crippen LogP contribution in [-0.4, -0.2) is 36.5 Å².